The normalized spacial score (nSPS) is 10.2. The summed E-state index contributed by atoms with van der Waals surface area (Å²) in [6.07, 6.45) is 0.945. The molecule has 0 saturated heterocycles. The lowest BCUT2D eigenvalue weighted by atomic mass is 10.2. The summed E-state index contributed by atoms with van der Waals surface area (Å²) in [6.45, 7) is 4.56. The molecule has 4 nitrogen and oxygen atoms in total. The Morgan fingerprint density at radius 2 is 2.29 bits per heavy atom. The molecule has 0 amide bonds. The van der Waals surface area contributed by atoms with Crippen molar-refractivity contribution in [2.45, 2.75) is 20.3 Å². The van der Waals surface area contributed by atoms with Crippen molar-refractivity contribution in [2.75, 3.05) is 6.61 Å². The molecule has 0 spiro atoms. The van der Waals surface area contributed by atoms with Crippen LogP contribution >= 0.6 is 12.2 Å². The molecule has 1 rings (SSSR count). The number of aromatic nitrogens is 2. The molecule has 1 aromatic rings. The van der Waals surface area contributed by atoms with Gasteiger partial charge in [0, 0.05) is 7.05 Å². The number of thiocarbonyl (C=S) groups is 1. The lowest BCUT2D eigenvalue weighted by molar-refractivity contribution is 0.289. The predicted molar refractivity (Wildman–Crippen MR) is 59.6 cm³/mol. The SMILES string of the molecule is CCCOc1c(C(N)=S)c(C)nn1C. The van der Waals surface area contributed by atoms with Crippen molar-refractivity contribution in [1.29, 1.82) is 0 Å². The third kappa shape index (κ3) is 2.04. The number of nitrogens with zero attached hydrogens (tertiary/aromatic N) is 2. The fourth-order valence-corrected chi connectivity index (χ4v) is 1.52. The van der Waals surface area contributed by atoms with Crippen molar-refractivity contribution in [1.82, 2.24) is 9.78 Å². The molecule has 0 unspecified atom stereocenters. The standard InChI is InChI=1S/C9H15N3OS/c1-4-5-13-9-7(8(10)14)6(2)11-12(9)3/h4-5H2,1-3H3,(H2,10,14). The summed E-state index contributed by atoms with van der Waals surface area (Å²) in [7, 11) is 1.82. The summed E-state index contributed by atoms with van der Waals surface area (Å²) < 4.78 is 7.20. The Balaban J connectivity index is 3.05. The minimum atomic E-state index is 0.335. The van der Waals surface area contributed by atoms with Crippen molar-refractivity contribution in [2.24, 2.45) is 12.8 Å². The van der Waals surface area contributed by atoms with E-state index in [0.717, 1.165) is 17.7 Å². The van der Waals surface area contributed by atoms with Crippen LogP contribution in [-0.4, -0.2) is 21.4 Å². The molecular formula is C9H15N3OS. The van der Waals surface area contributed by atoms with Gasteiger partial charge in [0.1, 0.15) is 4.99 Å². The minimum Gasteiger partial charge on any atom is -0.477 e. The van der Waals surface area contributed by atoms with E-state index in [-0.39, 0.29) is 0 Å². The Labute approximate surface area is 89.0 Å². The zero-order chi connectivity index (χ0) is 10.7. The summed E-state index contributed by atoms with van der Waals surface area (Å²) in [6, 6.07) is 0. The van der Waals surface area contributed by atoms with Gasteiger partial charge < -0.3 is 10.5 Å². The minimum absolute atomic E-state index is 0.335. The number of nitrogens with two attached hydrogens (primary N) is 1. The molecule has 0 saturated carbocycles. The molecular weight excluding hydrogens is 198 g/mol. The highest BCUT2D eigenvalue weighted by molar-refractivity contribution is 7.80. The zero-order valence-electron chi connectivity index (χ0n) is 8.70. The van der Waals surface area contributed by atoms with Gasteiger partial charge in [0.05, 0.1) is 17.9 Å². The van der Waals surface area contributed by atoms with Gasteiger partial charge in [-0.25, -0.2) is 4.68 Å². The molecule has 0 aromatic carbocycles. The molecule has 0 aliphatic carbocycles. The second-order valence-electron chi connectivity index (χ2n) is 3.10. The van der Waals surface area contributed by atoms with Crippen LogP contribution in [0.2, 0.25) is 0 Å². The summed E-state index contributed by atoms with van der Waals surface area (Å²) >= 11 is 4.95. The first-order valence-corrected chi connectivity index (χ1v) is 4.95. The molecule has 78 valence electrons. The lowest BCUT2D eigenvalue weighted by Crippen LogP contribution is -2.13. The first-order chi connectivity index (χ1) is 6.57. The Kier molecular flexibility index (Phi) is 3.46. The average molecular weight is 213 g/mol. The van der Waals surface area contributed by atoms with E-state index in [1.807, 2.05) is 20.9 Å². The molecule has 0 radical (unpaired) electrons. The van der Waals surface area contributed by atoms with Crippen LogP contribution in [0, 0.1) is 6.92 Å². The molecule has 0 fully saturated rings. The summed E-state index contributed by atoms with van der Waals surface area (Å²) in [5.41, 5.74) is 7.16. The molecule has 0 aliphatic rings. The van der Waals surface area contributed by atoms with Crippen molar-refractivity contribution in [3.63, 3.8) is 0 Å². The van der Waals surface area contributed by atoms with Crippen LogP contribution in [0.25, 0.3) is 0 Å². The van der Waals surface area contributed by atoms with E-state index in [1.54, 1.807) is 4.68 Å². The second kappa shape index (κ2) is 4.41. The van der Waals surface area contributed by atoms with Gasteiger partial charge in [-0.2, -0.15) is 5.10 Å². The van der Waals surface area contributed by atoms with Gasteiger partial charge in [0.25, 0.3) is 0 Å². The first-order valence-electron chi connectivity index (χ1n) is 4.54. The maximum atomic E-state index is 5.60. The molecule has 0 atom stereocenters. The van der Waals surface area contributed by atoms with Gasteiger partial charge >= 0.3 is 0 Å². The van der Waals surface area contributed by atoms with Gasteiger partial charge in [0.15, 0.2) is 0 Å². The molecule has 2 N–H and O–H groups in total. The van der Waals surface area contributed by atoms with Crippen LogP contribution in [0.1, 0.15) is 24.6 Å². The molecule has 0 bridgehead atoms. The van der Waals surface area contributed by atoms with Gasteiger partial charge in [-0.05, 0) is 13.3 Å². The van der Waals surface area contributed by atoms with Crippen molar-refractivity contribution in [3.05, 3.63) is 11.3 Å². The topological polar surface area (TPSA) is 53.1 Å². The van der Waals surface area contributed by atoms with Gasteiger partial charge in [-0.1, -0.05) is 19.1 Å². The number of rotatable bonds is 4. The summed E-state index contributed by atoms with van der Waals surface area (Å²) in [4.78, 5) is 0.335. The Hall–Kier alpha value is -1.10. The molecule has 1 aromatic heterocycles. The van der Waals surface area contributed by atoms with Crippen LogP contribution < -0.4 is 10.5 Å². The smallest absolute Gasteiger partial charge is 0.222 e. The molecule has 0 aliphatic heterocycles. The molecule has 14 heavy (non-hydrogen) atoms. The Morgan fingerprint density at radius 1 is 1.64 bits per heavy atom. The first kappa shape index (κ1) is 11.0. The Bertz CT molecular complexity index is 346. The monoisotopic (exact) mass is 213 g/mol. The number of hydrogen-bond acceptors (Lipinski definition) is 3. The van der Waals surface area contributed by atoms with Crippen LogP contribution in [0.15, 0.2) is 0 Å². The quantitative estimate of drug-likeness (QED) is 0.762. The van der Waals surface area contributed by atoms with Crippen molar-refractivity contribution < 1.29 is 4.74 Å². The van der Waals surface area contributed by atoms with E-state index in [1.165, 1.54) is 0 Å². The highest BCUT2D eigenvalue weighted by Crippen LogP contribution is 2.21. The van der Waals surface area contributed by atoms with Crippen LogP contribution in [0.4, 0.5) is 0 Å². The fourth-order valence-electron chi connectivity index (χ4n) is 1.28. The lowest BCUT2D eigenvalue weighted by Gasteiger charge is -2.06. The third-order valence-corrected chi connectivity index (χ3v) is 2.06. The van der Waals surface area contributed by atoms with E-state index in [4.69, 9.17) is 22.7 Å². The van der Waals surface area contributed by atoms with Crippen LogP contribution in [-0.2, 0) is 7.05 Å². The highest BCUT2D eigenvalue weighted by atomic mass is 32.1. The van der Waals surface area contributed by atoms with E-state index in [0.29, 0.717) is 17.5 Å². The largest absolute Gasteiger partial charge is 0.477 e. The van der Waals surface area contributed by atoms with Gasteiger partial charge in [0.2, 0.25) is 5.88 Å². The fraction of sp³-hybridized carbons (Fsp3) is 0.556. The van der Waals surface area contributed by atoms with E-state index in [9.17, 15) is 0 Å². The van der Waals surface area contributed by atoms with E-state index >= 15 is 0 Å². The second-order valence-corrected chi connectivity index (χ2v) is 3.54. The van der Waals surface area contributed by atoms with Crippen LogP contribution in [0.5, 0.6) is 5.88 Å². The zero-order valence-corrected chi connectivity index (χ0v) is 9.52. The van der Waals surface area contributed by atoms with Crippen molar-refractivity contribution >= 4 is 17.2 Å². The Morgan fingerprint density at radius 3 is 2.79 bits per heavy atom. The maximum Gasteiger partial charge on any atom is 0.222 e. The summed E-state index contributed by atoms with van der Waals surface area (Å²) in [5, 5.41) is 4.21. The molecule has 5 heteroatoms. The number of ether oxygens (including phenoxy) is 1. The van der Waals surface area contributed by atoms with E-state index < -0.39 is 0 Å². The third-order valence-electron chi connectivity index (χ3n) is 1.86. The highest BCUT2D eigenvalue weighted by Gasteiger charge is 2.16. The number of hydrogen-bond donors (Lipinski definition) is 1. The van der Waals surface area contributed by atoms with Gasteiger partial charge in [-0.3, -0.25) is 0 Å². The average Bonchev–Trinajstić information content (AvgIpc) is 2.37. The van der Waals surface area contributed by atoms with Gasteiger partial charge in [-0.15, -0.1) is 0 Å². The van der Waals surface area contributed by atoms with Crippen molar-refractivity contribution in [3.8, 4) is 5.88 Å². The molecule has 1 heterocycles. The van der Waals surface area contributed by atoms with E-state index in [2.05, 4.69) is 5.10 Å². The van der Waals surface area contributed by atoms with Crippen LogP contribution in [0.3, 0.4) is 0 Å². The predicted octanol–water partition coefficient (Wildman–Crippen LogP) is 1.15. The summed E-state index contributed by atoms with van der Waals surface area (Å²) in [5.74, 6) is 0.664. The maximum absolute atomic E-state index is 5.60. The number of aryl methyl sites for hydroxylation is 2.